The summed E-state index contributed by atoms with van der Waals surface area (Å²) in [6.07, 6.45) is -5.39. The Morgan fingerprint density at radius 3 is 0.875 bits per heavy atom. The lowest BCUT2D eigenvalue weighted by Gasteiger charge is -2.28. The highest BCUT2D eigenvalue weighted by Gasteiger charge is 2.27. The Morgan fingerprint density at radius 2 is 0.641 bits per heavy atom. The second kappa shape index (κ2) is 36.2. The van der Waals surface area contributed by atoms with Gasteiger partial charge in [0.25, 0.3) is 31.3 Å². The minimum absolute atomic E-state index is 0.0139. The van der Waals surface area contributed by atoms with Crippen molar-refractivity contribution in [3.63, 3.8) is 0 Å². The summed E-state index contributed by atoms with van der Waals surface area (Å²) >= 11 is 0. The predicted molar refractivity (Wildman–Crippen MR) is 203 cm³/mol. The van der Waals surface area contributed by atoms with Crippen LogP contribution >= 0.6 is 46.9 Å². The lowest BCUT2D eigenvalue weighted by Crippen LogP contribution is -2.28. The van der Waals surface area contributed by atoms with Gasteiger partial charge in [-0.1, -0.05) is 0 Å². The third-order valence-corrected chi connectivity index (χ3v) is 10.9. The zero-order chi connectivity index (χ0) is 49.4. The van der Waals surface area contributed by atoms with Gasteiger partial charge < -0.3 is 104 Å². The average Bonchev–Trinajstić information content (AvgIpc) is 3.18. The van der Waals surface area contributed by atoms with E-state index in [1.165, 1.54) is 14.1 Å². The molecule has 0 heterocycles. The van der Waals surface area contributed by atoms with Crippen molar-refractivity contribution in [2.24, 2.45) is 0 Å². The molecule has 0 rings (SSSR count). The van der Waals surface area contributed by atoms with Gasteiger partial charge in [-0.15, -0.1) is 0 Å². The number of hydrogen-bond donors (Lipinski definition) is 10. The van der Waals surface area contributed by atoms with Crippen molar-refractivity contribution >= 4 is 46.9 Å². The van der Waals surface area contributed by atoms with Crippen LogP contribution in [0.4, 0.5) is 0 Å². The Morgan fingerprint density at radius 1 is 0.391 bits per heavy atom. The zero-order valence-corrected chi connectivity index (χ0v) is 40.2. The molecule has 0 amide bonds. The fraction of sp³-hybridized carbons (Fsp3) is 1.00. The van der Waals surface area contributed by atoms with Gasteiger partial charge in [-0.05, 0) is 28.2 Å². The van der Waals surface area contributed by atoms with Crippen LogP contribution in [-0.4, -0.2) is 189 Å². The topological polar surface area (TPSA) is 493 Å². The molecule has 0 saturated heterocycles. The first-order valence-corrected chi connectivity index (χ1v) is 26.7. The number of aliphatic hydroxyl groups is 2. The molecule has 0 radical (unpaired) electrons. The highest BCUT2D eigenvalue weighted by Crippen LogP contribution is 2.45. The summed E-state index contributed by atoms with van der Waals surface area (Å²) in [6, 6.07) is 0. The van der Waals surface area contributed by atoms with Gasteiger partial charge >= 0.3 is 15.6 Å². The molecule has 0 aromatic heterocycles. The lowest BCUT2D eigenvalue weighted by atomic mass is 10.4. The van der Waals surface area contributed by atoms with Crippen LogP contribution in [0.1, 0.15) is 0 Å². The number of aliphatic hydroxyl groups excluding tert-OH is 2. The Balaban J connectivity index is 0. The minimum Gasteiger partial charge on any atom is -0.756 e. The van der Waals surface area contributed by atoms with Gasteiger partial charge in [0.1, 0.15) is 24.4 Å². The van der Waals surface area contributed by atoms with E-state index in [1.807, 2.05) is 0 Å². The summed E-state index contributed by atoms with van der Waals surface area (Å²) in [6.45, 7) is -7.46. The van der Waals surface area contributed by atoms with Crippen molar-refractivity contribution in [2.75, 3.05) is 134 Å². The normalized spacial score (nSPS) is 18.1. The van der Waals surface area contributed by atoms with E-state index in [-0.39, 0.29) is 40.1 Å². The molecule has 0 fully saturated rings. The van der Waals surface area contributed by atoms with Gasteiger partial charge in [0.2, 0.25) is 0 Å². The molecular weight excluding hydrogens is 1010 g/mol. The van der Waals surface area contributed by atoms with Crippen molar-refractivity contribution in [3.8, 4) is 0 Å². The average molecular weight is 1070 g/mol. The molecule has 0 aromatic carbocycles. The predicted octanol–water partition coefficient (Wildman–Crippen LogP) is -5.57. The molecule has 34 nitrogen and oxygen atoms in total. The molecule has 40 heteroatoms. The van der Waals surface area contributed by atoms with Crippen molar-refractivity contribution in [1.29, 1.82) is 0 Å². The molecular formula is C24H58N4O30P6-4. The first-order valence-electron chi connectivity index (χ1n) is 17.7. The Bertz CT molecular complexity index is 1380. The molecule has 10 N–H and O–H groups in total. The van der Waals surface area contributed by atoms with E-state index in [1.54, 1.807) is 14.1 Å². The van der Waals surface area contributed by atoms with Crippen LogP contribution < -0.4 is 40.8 Å². The summed E-state index contributed by atoms with van der Waals surface area (Å²) in [4.78, 5) is 82.2. The first kappa shape index (κ1) is 66.3. The fourth-order valence-corrected chi connectivity index (χ4v) is 7.62. The third-order valence-electron chi connectivity index (χ3n) is 5.74. The second-order valence-electron chi connectivity index (χ2n) is 11.4. The Kier molecular flexibility index (Phi) is 37.6. The SMILES string of the molecule is CNCOCC(COP(=O)([O-])OCCOP(=O)([O-])OC(CO)COCNC)OP(=O)(O)O.CNCOCC(COP(=O)([O-])OCCOP(=O)([O-])OC(CO)COCNC)OP(=O)(O)O. The molecule has 0 aliphatic heterocycles. The molecule has 0 saturated carbocycles. The molecule has 0 bridgehead atoms. The van der Waals surface area contributed by atoms with Crippen molar-refractivity contribution in [3.05, 3.63) is 0 Å². The fourth-order valence-electron chi connectivity index (χ4n) is 3.45. The Labute approximate surface area is 367 Å². The summed E-state index contributed by atoms with van der Waals surface area (Å²) < 4.78 is 133. The number of phosphoric acid groups is 6. The van der Waals surface area contributed by atoms with Crippen LogP contribution in [0.15, 0.2) is 0 Å². The number of rotatable bonds is 42. The second-order valence-corrected chi connectivity index (χ2v) is 19.4. The highest BCUT2D eigenvalue weighted by atomic mass is 31.2. The summed E-state index contributed by atoms with van der Waals surface area (Å²) in [7, 11) is -23.6. The molecule has 0 aliphatic carbocycles. The van der Waals surface area contributed by atoms with E-state index >= 15 is 0 Å². The van der Waals surface area contributed by atoms with Crippen LogP contribution in [0, 0.1) is 0 Å². The van der Waals surface area contributed by atoms with Gasteiger partial charge in [-0.25, -0.2) is 9.13 Å². The molecule has 388 valence electrons. The molecule has 0 aliphatic rings. The van der Waals surface area contributed by atoms with Crippen LogP contribution in [0.25, 0.3) is 0 Å². The van der Waals surface area contributed by atoms with Gasteiger partial charge in [0.15, 0.2) is 0 Å². The number of ether oxygens (including phenoxy) is 4. The lowest BCUT2D eigenvalue weighted by molar-refractivity contribution is -0.238. The van der Waals surface area contributed by atoms with Crippen molar-refractivity contribution in [2.45, 2.75) is 24.4 Å². The van der Waals surface area contributed by atoms with E-state index in [2.05, 4.69) is 66.5 Å². The maximum atomic E-state index is 11.7. The van der Waals surface area contributed by atoms with Crippen LogP contribution in [0.5, 0.6) is 0 Å². The van der Waals surface area contributed by atoms with Gasteiger partial charge in [0, 0.05) is 0 Å². The van der Waals surface area contributed by atoms with Crippen LogP contribution in [0.3, 0.4) is 0 Å². The van der Waals surface area contributed by atoms with E-state index < -0.39 is 137 Å². The van der Waals surface area contributed by atoms with Crippen LogP contribution in [-0.2, 0) is 91.6 Å². The van der Waals surface area contributed by atoms with E-state index in [0.29, 0.717) is 0 Å². The first-order chi connectivity index (χ1) is 29.7. The number of phosphoric ester groups is 6. The van der Waals surface area contributed by atoms with Crippen molar-refractivity contribution < 1.29 is 141 Å². The van der Waals surface area contributed by atoms with Crippen LogP contribution in [0.2, 0.25) is 0 Å². The number of nitrogens with one attached hydrogen (secondary N) is 4. The molecule has 8 unspecified atom stereocenters. The molecule has 8 atom stereocenters. The summed E-state index contributed by atoms with van der Waals surface area (Å²) in [5, 5.41) is 28.6. The maximum absolute atomic E-state index is 11.7. The quantitative estimate of drug-likeness (QED) is 0.0155. The Hall–Kier alpha value is 0.260. The largest absolute Gasteiger partial charge is 0.756 e. The standard InChI is InChI=1S/2C12H31N2O15P3/c2*1-13-9-23-6-11(5-15)29-32(21,22)26-4-3-25-31(19,20)27-8-12(7-24-10-14-2)28-30(16,17)18/h2*11-15H,3-10H2,1-2H3,(H,19,20)(H,21,22)(H2,16,17,18)/p-4. The molecule has 0 spiro atoms. The van der Waals surface area contributed by atoms with E-state index in [0.717, 1.165) is 0 Å². The van der Waals surface area contributed by atoms with E-state index in [9.17, 15) is 47.0 Å². The van der Waals surface area contributed by atoms with E-state index in [4.69, 9.17) is 48.7 Å². The maximum Gasteiger partial charge on any atom is 0.470 e. The zero-order valence-electron chi connectivity index (χ0n) is 34.8. The summed E-state index contributed by atoms with van der Waals surface area (Å²) in [5.41, 5.74) is 0. The van der Waals surface area contributed by atoms with Gasteiger partial charge in [0.05, 0.1) is 106 Å². The third kappa shape index (κ3) is 42.4. The minimum atomic E-state index is -5.02. The molecule has 64 heavy (non-hydrogen) atoms. The monoisotopic (exact) mass is 1070 g/mol. The van der Waals surface area contributed by atoms with Gasteiger partial charge in [-0.3, -0.25) is 48.6 Å². The van der Waals surface area contributed by atoms with Gasteiger partial charge in [-0.2, -0.15) is 0 Å². The number of hydrogen-bond acceptors (Lipinski definition) is 30. The highest BCUT2D eigenvalue weighted by molar-refractivity contribution is 7.47. The molecule has 0 aromatic rings. The smallest absolute Gasteiger partial charge is 0.470 e. The van der Waals surface area contributed by atoms with Crippen molar-refractivity contribution in [1.82, 2.24) is 21.3 Å². The summed E-state index contributed by atoms with van der Waals surface area (Å²) in [5.74, 6) is 0.